The van der Waals surface area contributed by atoms with Crippen LogP contribution in [-0.2, 0) is 19.0 Å². The molecular formula is C22H32O8. The Kier molecular flexibility index (Phi) is 9.55. The number of phenolic OH excluding ortho intramolecular Hbond substituents is 1. The Balaban J connectivity index is 1.72. The minimum absolute atomic E-state index is 0.0608. The van der Waals surface area contributed by atoms with Crippen LogP contribution in [0.2, 0.25) is 0 Å². The summed E-state index contributed by atoms with van der Waals surface area (Å²) in [6.07, 6.45) is 1.70. The van der Waals surface area contributed by atoms with Gasteiger partial charge in [-0.15, -0.1) is 0 Å². The molecule has 1 heterocycles. The normalized spacial score (nSPS) is 24.9. The van der Waals surface area contributed by atoms with Gasteiger partial charge in [0, 0.05) is 12.8 Å². The summed E-state index contributed by atoms with van der Waals surface area (Å²) in [7, 11) is 0. The van der Waals surface area contributed by atoms with Gasteiger partial charge in [-0.05, 0) is 51.0 Å². The van der Waals surface area contributed by atoms with Gasteiger partial charge >= 0.3 is 11.9 Å². The number of carbonyl (C=O) groups is 2. The molecule has 0 bridgehead atoms. The second-order valence-corrected chi connectivity index (χ2v) is 7.80. The number of aromatic hydroxyl groups is 1. The smallest absolute Gasteiger partial charge is 0.338 e. The molecule has 1 aliphatic heterocycles. The number of hydrogen-bond donors (Lipinski definition) is 3. The van der Waals surface area contributed by atoms with E-state index in [1.807, 2.05) is 6.92 Å². The Hall–Kier alpha value is -2.16. The van der Waals surface area contributed by atoms with E-state index in [0.717, 1.165) is 25.7 Å². The second kappa shape index (κ2) is 11.9. The number of unbranched alkanes of at least 4 members (excludes halogenated alkanes) is 3. The quantitative estimate of drug-likeness (QED) is 0.365. The summed E-state index contributed by atoms with van der Waals surface area (Å²) in [5, 5.41) is 28.3. The molecule has 30 heavy (non-hydrogen) atoms. The fourth-order valence-electron chi connectivity index (χ4n) is 3.36. The molecule has 5 atom stereocenters. The molecule has 168 valence electrons. The zero-order valence-electron chi connectivity index (χ0n) is 17.5. The number of benzene rings is 1. The molecule has 1 aromatic rings. The molecule has 1 aromatic carbocycles. The average molecular weight is 424 g/mol. The zero-order valence-corrected chi connectivity index (χ0v) is 17.5. The lowest BCUT2D eigenvalue weighted by Gasteiger charge is -2.38. The van der Waals surface area contributed by atoms with E-state index in [0.29, 0.717) is 12.0 Å². The standard InChI is InChI=1S/C22H32O8/c1-14(7-5-3-4-6-8-20(25)26)28-22-18(24)13-19(15(2)29-22)30-21(27)16-9-11-17(23)12-10-16/h9-12,14-15,18-19,22-24H,3-8,13H2,1-2H3,(H,25,26)/t14-,15+,18-,19-,22-/m1/s1. The first-order valence-corrected chi connectivity index (χ1v) is 10.5. The van der Waals surface area contributed by atoms with Crippen LogP contribution < -0.4 is 0 Å². The monoisotopic (exact) mass is 424 g/mol. The zero-order chi connectivity index (χ0) is 22.1. The number of aliphatic carboxylic acids is 1. The number of ether oxygens (including phenoxy) is 3. The van der Waals surface area contributed by atoms with Crippen LogP contribution in [0.3, 0.4) is 0 Å². The molecule has 1 saturated heterocycles. The number of hydrogen-bond acceptors (Lipinski definition) is 7. The number of aliphatic hydroxyl groups is 1. The van der Waals surface area contributed by atoms with Crippen molar-refractivity contribution >= 4 is 11.9 Å². The van der Waals surface area contributed by atoms with Gasteiger partial charge < -0.3 is 29.5 Å². The molecule has 0 amide bonds. The maximum atomic E-state index is 12.3. The van der Waals surface area contributed by atoms with Crippen LogP contribution in [0.1, 0.15) is 69.2 Å². The van der Waals surface area contributed by atoms with Gasteiger partial charge in [0.25, 0.3) is 0 Å². The third-order valence-corrected chi connectivity index (χ3v) is 5.14. The summed E-state index contributed by atoms with van der Waals surface area (Å²) in [5.74, 6) is -1.25. The van der Waals surface area contributed by atoms with Crippen molar-refractivity contribution in [3.8, 4) is 5.75 Å². The largest absolute Gasteiger partial charge is 0.508 e. The molecule has 1 aliphatic rings. The number of aliphatic hydroxyl groups excluding tert-OH is 1. The van der Waals surface area contributed by atoms with E-state index in [1.165, 1.54) is 24.3 Å². The van der Waals surface area contributed by atoms with E-state index in [2.05, 4.69) is 0 Å². The van der Waals surface area contributed by atoms with Crippen LogP contribution >= 0.6 is 0 Å². The Morgan fingerprint density at radius 1 is 1.17 bits per heavy atom. The van der Waals surface area contributed by atoms with Crippen molar-refractivity contribution in [2.75, 3.05) is 0 Å². The number of carbonyl (C=O) groups excluding carboxylic acids is 1. The highest BCUT2D eigenvalue weighted by Gasteiger charge is 2.38. The summed E-state index contributed by atoms with van der Waals surface area (Å²) in [5.41, 5.74) is 0.310. The predicted octanol–water partition coefficient (Wildman–Crippen LogP) is 3.24. The lowest BCUT2D eigenvalue weighted by molar-refractivity contribution is -0.273. The number of rotatable bonds is 11. The van der Waals surface area contributed by atoms with Crippen molar-refractivity contribution in [2.45, 2.75) is 89.5 Å². The molecule has 3 N–H and O–H groups in total. The van der Waals surface area contributed by atoms with Crippen LogP contribution in [0.15, 0.2) is 24.3 Å². The maximum absolute atomic E-state index is 12.3. The number of carboxylic acid groups (broad SMARTS) is 1. The molecule has 0 aliphatic carbocycles. The van der Waals surface area contributed by atoms with E-state index in [-0.39, 0.29) is 24.7 Å². The Labute approximate surface area is 176 Å². The lowest BCUT2D eigenvalue weighted by atomic mass is 10.0. The third-order valence-electron chi connectivity index (χ3n) is 5.14. The van der Waals surface area contributed by atoms with Crippen molar-refractivity contribution in [3.63, 3.8) is 0 Å². The molecule has 0 saturated carbocycles. The Bertz CT molecular complexity index is 674. The van der Waals surface area contributed by atoms with Gasteiger partial charge in [-0.25, -0.2) is 4.79 Å². The van der Waals surface area contributed by atoms with Crippen LogP contribution in [0.25, 0.3) is 0 Å². The van der Waals surface area contributed by atoms with Crippen LogP contribution in [0.4, 0.5) is 0 Å². The number of esters is 1. The first kappa shape index (κ1) is 24.1. The first-order valence-electron chi connectivity index (χ1n) is 10.5. The lowest BCUT2D eigenvalue weighted by Crippen LogP contribution is -2.49. The number of phenols is 1. The van der Waals surface area contributed by atoms with E-state index >= 15 is 0 Å². The number of carboxylic acids is 1. The fraction of sp³-hybridized carbons (Fsp3) is 0.636. The Morgan fingerprint density at radius 3 is 2.50 bits per heavy atom. The summed E-state index contributed by atoms with van der Waals surface area (Å²) >= 11 is 0. The topological polar surface area (TPSA) is 123 Å². The molecule has 8 heteroatoms. The van der Waals surface area contributed by atoms with E-state index in [1.54, 1.807) is 6.92 Å². The second-order valence-electron chi connectivity index (χ2n) is 7.80. The highest BCUT2D eigenvalue weighted by molar-refractivity contribution is 5.89. The van der Waals surface area contributed by atoms with Gasteiger partial charge in [-0.3, -0.25) is 4.79 Å². The van der Waals surface area contributed by atoms with Gasteiger partial charge in [0.05, 0.1) is 17.8 Å². The van der Waals surface area contributed by atoms with Crippen molar-refractivity contribution in [3.05, 3.63) is 29.8 Å². The van der Waals surface area contributed by atoms with E-state index in [9.17, 15) is 19.8 Å². The van der Waals surface area contributed by atoms with Crippen molar-refractivity contribution in [1.82, 2.24) is 0 Å². The summed E-state index contributed by atoms with van der Waals surface area (Å²) in [6, 6.07) is 5.75. The molecular weight excluding hydrogens is 392 g/mol. The van der Waals surface area contributed by atoms with Gasteiger partial charge in [-0.2, -0.15) is 0 Å². The minimum Gasteiger partial charge on any atom is -0.508 e. The molecule has 0 aromatic heterocycles. The molecule has 0 unspecified atom stereocenters. The van der Waals surface area contributed by atoms with Gasteiger partial charge in [-0.1, -0.05) is 19.3 Å². The SMILES string of the molecule is C[C@H](CCCCCCC(=O)O)O[C@@H]1O[C@@H](C)[C@H](OC(=O)c2ccc(O)cc2)C[C@H]1O. The summed E-state index contributed by atoms with van der Waals surface area (Å²) < 4.78 is 17.1. The van der Waals surface area contributed by atoms with Gasteiger partial charge in [0.2, 0.25) is 0 Å². The Morgan fingerprint density at radius 2 is 1.83 bits per heavy atom. The van der Waals surface area contributed by atoms with Gasteiger partial charge in [0.1, 0.15) is 18.0 Å². The fourth-order valence-corrected chi connectivity index (χ4v) is 3.36. The third kappa shape index (κ3) is 7.93. The van der Waals surface area contributed by atoms with Gasteiger partial charge in [0.15, 0.2) is 6.29 Å². The first-order chi connectivity index (χ1) is 14.3. The van der Waals surface area contributed by atoms with Crippen LogP contribution in [0.5, 0.6) is 5.75 Å². The maximum Gasteiger partial charge on any atom is 0.338 e. The molecule has 0 radical (unpaired) electrons. The predicted molar refractivity (Wildman–Crippen MR) is 108 cm³/mol. The van der Waals surface area contributed by atoms with Crippen LogP contribution in [-0.4, -0.2) is 58.0 Å². The van der Waals surface area contributed by atoms with Crippen molar-refractivity contribution in [2.24, 2.45) is 0 Å². The van der Waals surface area contributed by atoms with Crippen molar-refractivity contribution < 1.29 is 39.1 Å². The molecule has 1 fully saturated rings. The summed E-state index contributed by atoms with van der Waals surface area (Å²) in [4.78, 5) is 22.8. The highest BCUT2D eigenvalue weighted by Crippen LogP contribution is 2.26. The molecule has 0 spiro atoms. The molecule has 8 nitrogen and oxygen atoms in total. The average Bonchev–Trinajstić information content (AvgIpc) is 2.68. The summed E-state index contributed by atoms with van der Waals surface area (Å²) in [6.45, 7) is 3.68. The highest BCUT2D eigenvalue weighted by atomic mass is 16.7. The minimum atomic E-state index is -0.920. The van der Waals surface area contributed by atoms with E-state index in [4.69, 9.17) is 19.3 Å². The molecule has 2 rings (SSSR count). The van der Waals surface area contributed by atoms with Crippen molar-refractivity contribution in [1.29, 1.82) is 0 Å². The van der Waals surface area contributed by atoms with E-state index < -0.39 is 36.5 Å². The van der Waals surface area contributed by atoms with Crippen LogP contribution in [0, 0.1) is 0 Å².